The van der Waals surface area contributed by atoms with E-state index in [0.717, 1.165) is 30.1 Å². The predicted molar refractivity (Wildman–Crippen MR) is 68.8 cm³/mol. The maximum absolute atomic E-state index is 12.3. The maximum Gasteiger partial charge on any atom is 0.267 e. The first-order valence-electron chi connectivity index (χ1n) is 5.94. The van der Waals surface area contributed by atoms with Gasteiger partial charge in [-0.05, 0) is 18.0 Å². The lowest BCUT2D eigenvalue weighted by atomic mass is 10.2. The van der Waals surface area contributed by atoms with Gasteiger partial charge in [-0.3, -0.25) is 4.79 Å². The number of carbonyl (C=O) groups excluding carboxylic acids is 1. The number of carbonyl (C=O) groups is 1. The van der Waals surface area contributed by atoms with Crippen molar-refractivity contribution >= 4 is 17.4 Å². The summed E-state index contributed by atoms with van der Waals surface area (Å²) >= 11 is 1.11. The molecule has 0 saturated heterocycles. The Morgan fingerprint density at radius 1 is 1.50 bits per heavy atom. The summed E-state index contributed by atoms with van der Waals surface area (Å²) < 4.78 is 8.80. The van der Waals surface area contributed by atoms with Crippen molar-refractivity contribution < 1.29 is 14.6 Å². The van der Waals surface area contributed by atoms with Crippen LogP contribution >= 0.6 is 11.5 Å². The predicted octanol–water partition coefficient (Wildman–Crippen LogP) is 0.571. The maximum atomic E-state index is 12.3. The first-order valence-corrected chi connectivity index (χ1v) is 6.72. The summed E-state index contributed by atoms with van der Waals surface area (Å²) in [6.45, 7) is 3.17. The molecule has 1 heterocycles. The van der Waals surface area contributed by atoms with Crippen molar-refractivity contribution in [2.45, 2.75) is 19.8 Å². The molecule has 1 aromatic rings. The van der Waals surface area contributed by atoms with Gasteiger partial charge in [-0.2, -0.15) is 0 Å². The van der Waals surface area contributed by atoms with Crippen LogP contribution in [-0.2, 0) is 11.2 Å². The Morgan fingerprint density at radius 3 is 2.89 bits per heavy atom. The van der Waals surface area contributed by atoms with E-state index in [9.17, 15) is 4.79 Å². The molecular weight excluding hydrogens is 254 g/mol. The highest BCUT2D eigenvalue weighted by Crippen LogP contribution is 2.15. The van der Waals surface area contributed by atoms with Crippen molar-refractivity contribution in [1.82, 2.24) is 14.5 Å². The van der Waals surface area contributed by atoms with Crippen LogP contribution in [0.2, 0.25) is 0 Å². The largest absolute Gasteiger partial charge is 0.395 e. The van der Waals surface area contributed by atoms with E-state index in [0.29, 0.717) is 24.6 Å². The molecule has 6 nitrogen and oxygen atoms in total. The Balaban J connectivity index is 2.77. The number of aliphatic hydroxyl groups is 1. The van der Waals surface area contributed by atoms with Gasteiger partial charge in [-0.25, -0.2) is 0 Å². The van der Waals surface area contributed by atoms with Crippen molar-refractivity contribution in [3.05, 3.63) is 10.6 Å². The van der Waals surface area contributed by atoms with E-state index < -0.39 is 0 Å². The van der Waals surface area contributed by atoms with Crippen LogP contribution in [0.3, 0.4) is 0 Å². The van der Waals surface area contributed by atoms with Gasteiger partial charge in [0.2, 0.25) is 0 Å². The van der Waals surface area contributed by atoms with Crippen LogP contribution in [0.5, 0.6) is 0 Å². The molecule has 7 heteroatoms. The van der Waals surface area contributed by atoms with Gasteiger partial charge >= 0.3 is 0 Å². The summed E-state index contributed by atoms with van der Waals surface area (Å²) in [6.07, 6.45) is 1.67. The molecule has 1 aromatic heterocycles. The molecule has 0 radical (unpaired) electrons. The second-order valence-electron chi connectivity index (χ2n) is 3.81. The topological polar surface area (TPSA) is 75.6 Å². The van der Waals surface area contributed by atoms with Gasteiger partial charge in [0.15, 0.2) is 0 Å². The molecular formula is C11H19N3O3S. The molecule has 0 spiro atoms. The molecule has 102 valence electrons. The van der Waals surface area contributed by atoms with E-state index >= 15 is 0 Å². The zero-order valence-corrected chi connectivity index (χ0v) is 11.6. The van der Waals surface area contributed by atoms with Crippen LogP contribution in [0.1, 0.15) is 28.7 Å². The first kappa shape index (κ1) is 15.0. The van der Waals surface area contributed by atoms with Gasteiger partial charge in [-0.15, -0.1) is 5.10 Å². The number of ether oxygens (including phenoxy) is 1. The molecule has 0 aliphatic rings. The van der Waals surface area contributed by atoms with Gasteiger partial charge < -0.3 is 14.7 Å². The van der Waals surface area contributed by atoms with Crippen molar-refractivity contribution in [1.29, 1.82) is 0 Å². The van der Waals surface area contributed by atoms with Crippen LogP contribution in [-0.4, -0.2) is 58.9 Å². The molecule has 18 heavy (non-hydrogen) atoms. The van der Waals surface area contributed by atoms with E-state index in [-0.39, 0.29) is 12.5 Å². The highest BCUT2D eigenvalue weighted by atomic mass is 32.1. The zero-order chi connectivity index (χ0) is 13.4. The Morgan fingerprint density at radius 2 is 2.28 bits per heavy atom. The number of hydrogen-bond donors (Lipinski definition) is 1. The molecule has 0 aliphatic heterocycles. The first-order chi connectivity index (χ1) is 8.74. The van der Waals surface area contributed by atoms with Crippen LogP contribution in [0.25, 0.3) is 0 Å². The average Bonchev–Trinajstić information content (AvgIpc) is 2.82. The molecule has 0 unspecified atom stereocenters. The summed E-state index contributed by atoms with van der Waals surface area (Å²) in [5.74, 6) is -0.125. The van der Waals surface area contributed by atoms with Crippen LogP contribution in [0.15, 0.2) is 0 Å². The van der Waals surface area contributed by atoms with Crippen LogP contribution < -0.4 is 0 Å². The number of aryl methyl sites for hydroxylation is 1. The average molecular weight is 273 g/mol. The lowest BCUT2D eigenvalue weighted by Gasteiger charge is -2.20. The normalized spacial score (nSPS) is 10.6. The molecule has 0 aliphatic carbocycles. The fourth-order valence-corrected chi connectivity index (χ4v) is 2.23. The highest BCUT2D eigenvalue weighted by Gasteiger charge is 2.21. The number of rotatable bonds is 8. The minimum Gasteiger partial charge on any atom is -0.395 e. The fraction of sp³-hybridized carbons (Fsp3) is 0.727. The van der Waals surface area contributed by atoms with E-state index in [2.05, 4.69) is 9.59 Å². The molecule has 0 atom stereocenters. The number of aliphatic hydroxyl groups excluding tert-OH is 1. The Kier molecular flexibility index (Phi) is 6.77. The number of amides is 1. The van der Waals surface area contributed by atoms with Crippen molar-refractivity contribution in [2.75, 3.05) is 33.4 Å². The highest BCUT2D eigenvalue weighted by molar-refractivity contribution is 7.08. The zero-order valence-electron chi connectivity index (χ0n) is 10.8. The third-order valence-electron chi connectivity index (χ3n) is 2.46. The van der Waals surface area contributed by atoms with Crippen LogP contribution in [0, 0.1) is 0 Å². The van der Waals surface area contributed by atoms with Crippen molar-refractivity contribution in [3.63, 3.8) is 0 Å². The van der Waals surface area contributed by atoms with Crippen molar-refractivity contribution in [3.8, 4) is 0 Å². The second-order valence-corrected chi connectivity index (χ2v) is 4.56. The lowest BCUT2D eigenvalue weighted by molar-refractivity contribution is 0.0660. The minimum absolute atomic E-state index is 0.0647. The van der Waals surface area contributed by atoms with Gasteiger partial charge in [0, 0.05) is 20.2 Å². The quantitative estimate of drug-likeness (QED) is 0.749. The SMILES string of the molecule is CCCc1nnsc1C(=O)N(CCO)CCOC. The van der Waals surface area contributed by atoms with E-state index in [1.807, 2.05) is 6.92 Å². The Hall–Kier alpha value is -1.05. The molecule has 0 fully saturated rings. The minimum atomic E-state index is -0.125. The second kappa shape index (κ2) is 8.12. The summed E-state index contributed by atoms with van der Waals surface area (Å²) in [5, 5.41) is 13.0. The van der Waals surface area contributed by atoms with Crippen molar-refractivity contribution in [2.24, 2.45) is 0 Å². The molecule has 0 aromatic carbocycles. The summed E-state index contributed by atoms with van der Waals surface area (Å²) in [4.78, 5) is 14.4. The Labute approximate surface area is 111 Å². The molecule has 0 saturated carbocycles. The number of nitrogens with zero attached hydrogens (tertiary/aromatic N) is 3. The molecule has 1 rings (SSSR count). The van der Waals surface area contributed by atoms with Crippen LogP contribution in [0.4, 0.5) is 0 Å². The molecule has 1 amide bonds. The van der Waals surface area contributed by atoms with Gasteiger partial charge in [-0.1, -0.05) is 17.8 Å². The Bertz CT molecular complexity index is 370. The van der Waals surface area contributed by atoms with Gasteiger partial charge in [0.1, 0.15) is 4.88 Å². The molecule has 1 N–H and O–H groups in total. The van der Waals surface area contributed by atoms with E-state index in [1.165, 1.54) is 0 Å². The lowest BCUT2D eigenvalue weighted by Crippen LogP contribution is -2.36. The third-order valence-corrected chi connectivity index (χ3v) is 3.22. The summed E-state index contributed by atoms with van der Waals surface area (Å²) in [7, 11) is 1.58. The van der Waals surface area contributed by atoms with E-state index in [1.54, 1.807) is 12.0 Å². The number of hydrogen-bond acceptors (Lipinski definition) is 6. The molecule has 0 bridgehead atoms. The monoisotopic (exact) mass is 273 g/mol. The van der Waals surface area contributed by atoms with Gasteiger partial charge in [0.05, 0.1) is 18.9 Å². The third kappa shape index (κ3) is 4.01. The number of aromatic nitrogens is 2. The van der Waals surface area contributed by atoms with Gasteiger partial charge in [0.25, 0.3) is 5.91 Å². The van der Waals surface area contributed by atoms with E-state index in [4.69, 9.17) is 9.84 Å². The smallest absolute Gasteiger partial charge is 0.267 e. The number of methoxy groups -OCH3 is 1. The fourth-order valence-electron chi connectivity index (χ4n) is 1.55. The standard InChI is InChI=1S/C11H19N3O3S/c1-3-4-9-10(18-13-12-9)11(16)14(5-7-15)6-8-17-2/h15H,3-8H2,1-2H3. The summed E-state index contributed by atoms with van der Waals surface area (Å²) in [6, 6.07) is 0. The summed E-state index contributed by atoms with van der Waals surface area (Å²) in [5.41, 5.74) is 0.743.